The third-order valence-corrected chi connectivity index (χ3v) is 23.8. The molecule has 0 aliphatic rings. The van der Waals surface area contributed by atoms with Gasteiger partial charge in [-0.25, -0.2) is 0 Å². The molecule has 0 N–H and O–H groups in total. The summed E-state index contributed by atoms with van der Waals surface area (Å²) in [5.41, 5.74) is 0. The Hall–Kier alpha value is -10.9. The normalized spacial score (nSPS) is 14.4. The molecule has 0 nitrogen and oxygen atoms in total. The molecule has 0 heteroatoms. The van der Waals surface area contributed by atoms with E-state index in [0.29, 0.717) is 0 Å². The molecule has 28 rings (SSSR count). The molecule has 0 aliphatic carbocycles. The minimum Gasteiger partial charge on any atom is -0.0610 e. The second kappa shape index (κ2) is 11.1. The van der Waals surface area contributed by atoms with Gasteiger partial charge in [0.05, 0.1) is 0 Å². The Kier molecular flexibility index (Phi) is 5.01. The molecule has 0 fully saturated rings. The van der Waals surface area contributed by atoms with Crippen LogP contribution >= 0.6 is 0 Å². The van der Waals surface area contributed by atoms with Gasteiger partial charge in [0.25, 0.3) is 0 Å². The summed E-state index contributed by atoms with van der Waals surface area (Å²) in [6.45, 7) is 0. The predicted octanol–water partition coefficient (Wildman–Crippen LogP) is 24.4. The van der Waals surface area contributed by atoms with Crippen molar-refractivity contribution in [1.29, 1.82) is 0 Å². The van der Waals surface area contributed by atoms with E-state index >= 15 is 0 Å². The van der Waals surface area contributed by atoms with Crippen molar-refractivity contribution in [3.63, 3.8) is 0 Å². The van der Waals surface area contributed by atoms with E-state index in [4.69, 9.17) is 0 Å². The molecular weight excluding hydrogens is 1010 g/mol. The first kappa shape index (κ1) is 37.9. The van der Waals surface area contributed by atoms with Crippen molar-refractivity contribution in [2.75, 3.05) is 0 Å². The number of fused-ring (bicyclic) bond motifs is 10. The molecule has 84 heavy (non-hydrogen) atoms. The third kappa shape index (κ3) is 3.22. The summed E-state index contributed by atoms with van der Waals surface area (Å²) in [7, 11) is 0. The zero-order chi connectivity index (χ0) is 52.4. The number of rotatable bonds is 0. The second-order valence-corrected chi connectivity index (χ2v) is 26.4. The molecule has 0 amide bonds. The molecule has 0 saturated carbocycles. The fourth-order valence-corrected chi connectivity index (χ4v) is 21.4. The highest BCUT2D eigenvalue weighted by Gasteiger charge is 2.37. The Morgan fingerprint density at radius 1 is 0.0952 bits per heavy atom. The van der Waals surface area contributed by atoms with Gasteiger partial charge in [0.2, 0.25) is 0 Å². The molecule has 0 spiro atoms. The van der Waals surface area contributed by atoms with Gasteiger partial charge in [-0.3, -0.25) is 0 Å². The first-order valence-corrected chi connectivity index (χ1v) is 30.2. The third-order valence-electron chi connectivity index (χ3n) is 23.8. The first-order chi connectivity index (χ1) is 41.8. The van der Waals surface area contributed by atoms with Crippen molar-refractivity contribution in [2.45, 2.75) is 0 Å². The van der Waals surface area contributed by atoms with Gasteiger partial charge in [0.15, 0.2) is 0 Å². The van der Waals surface area contributed by atoms with Crippen LogP contribution in [0.1, 0.15) is 0 Å². The lowest BCUT2D eigenvalue weighted by atomic mass is 9.70. The molecule has 0 saturated heterocycles. The van der Waals surface area contributed by atoms with E-state index in [-0.39, 0.29) is 0 Å². The van der Waals surface area contributed by atoms with Gasteiger partial charge >= 0.3 is 0 Å². The Labute approximate surface area is 470 Å². The molecular formula is C84H30. The van der Waals surface area contributed by atoms with E-state index in [1.54, 1.807) is 0 Å². The van der Waals surface area contributed by atoms with Crippen LogP contribution in [0.2, 0.25) is 0 Å². The van der Waals surface area contributed by atoms with Gasteiger partial charge in [0, 0.05) is 0 Å². The maximum atomic E-state index is 2.56. The number of benzene rings is 28. The van der Waals surface area contributed by atoms with Crippen molar-refractivity contribution < 1.29 is 0 Å². The lowest BCUT2D eigenvalue weighted by Gasteiger charge is -2.31. The summed E-state index contributed by atoms with van der Waals surface area (Å²) in [5.74, 6) is 0. The second-order valence-electron chi connectivity index (χ2n) is 26.4. The summed E-state index contributed by atoms with van der Waals surface area (Å²) in [6, 6.07) is 73.8. The maximum absolute atomic E-state index is 2.56. The van der Waals surface area contributed by atoms with E-state index in [2.05, 4.69) is 182 Å². The highest BCUT2D eigenvalue weighted by Crippen LogP contribution is 2.66. The average molecular weight is 1040 g/mol. The van der Waals surface area contributed by atoms with E-state index in [9.17, 15) is 0 Å². The van der Waals surface area contributed by atoms with E-state index < -0.39 is 0 Å². The molecule has 0 heterocycles. The predicted molar refractivity (Wildman–Crippen MR) is 367 cm³/mol. The Morgan fingerprint density at radius 2 is 0.214 bits per heavy atom. The Balaban J connectivity index is 0.935. The topological polar surface area (TPSA) is 0 Å². The maximum Gasteiger partial charge on any atom is -0.0000476 e. The quantitative estimate of drug-likeness (QED) is 0.105. The van der Waals surface area contributed by atoms with Crippen LogP contribution in [0.4, 0.5) is 0 Å². The van der Waals surface area contributed by atoms with E-state index in [1.165, 1.54) is 291 Å². The molecule has 0 unspecified atom stereocenters. The van der Waals surface area contributed by atoms with Crippen molar-refractivity contribution in [3.8, 4) is 0 Å². The fraction of sp³-hybridized carbons (Fsp3) is 0. The van der Waals surface area contributed by atoms with Gasteiger partial charge in [-0.2, -0.15) is 0 Å². The molecule has 0 aliphatic heterocycles. The van der Waals surface area contributed by atoms with Crippen LogP contribution in [0.5, 0.6) is 0 Å². The molecule has 0 atom stereocenters. The van der Waals surface area contributed by atoms with Crippen LogP contribution < -0.4 is 0 Å². The minimum atomic E-state index is 1.33. The average Bonchev–Trinajstić information content (AvgIpc) is 0.661. The SMILES string of the molecule is c1cc2cc3cccc4c5ccc6c7ccc8c9ccc%10c%11ccc%12c%13cccc%14cc%15cccc%16c%17ccc%18c%19ccc%20c%21ccc%22c%23ccc%24c(c1)c2c(c34)c1c%24c%23c(c6c51)c1c%22c%21c(c8c71)c1c%20c%19c(c%10c91)c1c%18c%17c(c%12c%111)c(c%15%16)c%14%13. The summed E-state index contributed by atoms with van der Waals surface area (Å²) in [5, 5.41) is 76.2. The van der Waals surface area contributed by atoms with Crippen LogP contribution in [0.15, 0.2) is 182 Å². The monoisotopic (exact) mass is 1040 g/mol. The van der Waals surface area contributed by atoms with Crippen LogP contribution in [0.25, 0.3) is 291 Å². The molecule has 28 aromatic rings. The molecule has 0 aromatic heterocycles. The summed E-state index contributed by atoms with van der Waals surface area (Å²) in [6.07, 6.45) is 0. The van der Waals surface area contributed by atoms with E-state index in [1.807, 2.05) is 0 Å². The molecule has 0 bridgehead atoms. The van der Waals surface area contributed by atoms with Crippen LogP contribution in [0.3, 0.4) is 0 Å². The summed E-state index contributed by atoms with van der Waals surface area (Å²) < 4.78 is 0. The van der Waals surface area contributed by atoms with Gasteiger partial charge in [-0.15, -0.1) is 0 Å². The van der Waals surface area contributed by atoms with Crippen molar-refractivity contribution >= 4 is 291 Å². The highest BCUT2D eigenvalue weighted by atomic mass is 14.4. The fourth-order valence-electron chi connectivity index (χ4n) is 21.4. The smallest absolute Gasteiger partial charge is 0.0000476 e. The summed E-state index contributed by atoms with van der Waals surface area (Å²) >= 11 is 0. The Morgan fingerprint density at radius 3 is 0.357 bits per heavy atom. The number of hydrogen-bond donors (Lipinski definition) is 0. The Bertz CT molecular complexity index is 7060. The zero-order valence-electron chi connectivity index (χ0n) is 44.3. The van der Waals surface area contributed by atoms with Crippen molar-refractivity contribution in [1.82, 2.24) is 0 Å². The standard InChI is InChI=1S/C84H30/c1-5-31-29-32-6-2-10-36-40-14-18-44-48-22-26-52-54-28-24-50-46-20-16-42-38-12-4-8-34-30-33-7-3-11-37-41-15-19-45-49-23-27-53-51-25-21-47-43-17-13-39-35(9-1)55(31)75(56(32)36)77-59(39)63(43)79(64(44)60(40)77)81-67(47)71(51)83(72(52)68(48)81)84-73(53)69(49)82(70(50)74(54)84)80-65(45)61(41)78(62(42)66(46)80)76(57(33)37)58(34)38/h1-30H. The summed E-state index contributed by atoms with van der Waals surface area (Å²) in [4.78, 5) is 0. The lowest BCUT2D eigenvalue weighted by Crippen LogP contribution is -2.02. The van der Waals surface area contributed by atoms with Crippen molar-refractivity contribution in [3.05, 3.63) is 182 Å². The number of hydrogen-bond acceptors (Lipinski definition) is 0. The van der Waals surface area contributed by atoms with Crippen molar-refractivity contribution in [2.24, 2.45) is 0 Å². The van der Waals surface area contributed by atoms with Gasteiger partial charge in [-0.05, 0) is 303 Å². The van der Waals surface area contributed by atoms with E-state index in [0.717, 1.165) is 0 Å². The van der Waals surface area contributed by atoms with Gasteiger partial charge in [0.1, 0.15) is 0 Å². The highest BCUT2D eigenvalue weighted by molar-refractivity contribution is 6.67. The minimum absolute atomic E-state index is 1.33. The van der Waals surface area contributed by atoms with Crippen LogP contribution in [-0.4, -0.2) is 0 Å². The first-order valence-electron chi connectivity index (χ1n) is 30.2. The lowest BCUT2D eigenvalue weighted by molar-refractivity contribution is 1.82. The molecule has 366 valence electrons. The van der Waals surface area contributed by atoms with Gasteiger partial charge in [-0.1, -0.05) is 170 Å². The zero-order valence-corrected chi connectivity index (χ0v) is 44.3. The largest absolute Gasteiger partial charge is 0.0610 e. The van der Waals surface area contributed by atoms with Crippen LogP contribution in [-0.2, 0) is 0 Å². The van der Waals surface area contributed by atoms with Crippen LogP contribution in [0, 0.1) is 0 Å². The molecule has 0 radical (unpaired) electrons. The van der Waals surface area contributed by atoms with Gasteiger partial charge < -0.3 is 0 Å². The molecule has 28 aromatic carbocycles.